The van der Waals surface area contributed by atoms with Crippen LogP contribution >= 0.6 is 0 Å². The molecule has 0 saturated heterocycles. The van der Waals surface area contributed by atoms with Gasteiger partial charge in [0.1, 0.15) is 12.1 Å². The van der Waals surface area contributed by atoms with Crippen molar-refractivity contribution in [1.29, 1.82) is 0 Å². The van der Waals surface area contributed by atoms with Gasteiger partial charge in [0.25, 0.3) is 0 Å². The van der Waals surface area contributed by atoms with Crippen LogP contribution in [0, 0.1) is 12.7 Å². The predicted octanol–water partition coefficient (Wildman–Crippen LogP) is 1.30. The summed E-state index contributed by atoms with van der Waals surface area (Å²) in [5, 5.41) is 3.93. The van der Waals surface area contributed by atoms with Gasteiger partial charge < -0.3 is 5.73 Å². The van der Waals surface area contributed by atoms with E-state index in [-0.39, 0.29) is 11.8 Å². The summed E-state index contributed by atoms with van der Waals surface area (Å²) in [4.78, 5) is 3.79. The molecule has 14 heavy (non-hydrogen) atoms. The fourth-order valence-electron chi connectivity index (χ4n) is 1.27. The molecule has 5 heteroatoms. The van der Waals surface area contributed by atoms with Crippen molar-refractivity contribution in [3.63, 3.8) is 0 Å². The van der Waals surface area contributed by atoms with Crippen LogP contribution in [0.25, 0.3) is 5.69 Å². The molecule has 0 spiro atoms. The number of halogens is 1. The molecule has 0 unspecified atom stereocenters. The first-order chi connectivity index (χ1) is 6.66. The molecular formula is C9H9FN4. The number of benzene rings is 1. The fraction of sp³-hybridized carbons (Fsp3) is 0.111. The number of hydrogen-bond acceptors (Lipinski definition) is 3. The van der Waals surface area contributed by atoms with Crippen LogP contribution in [0.1, 0.15) is 5.56 Å². The largest absolute Gasteiger partial charge is 0.366 e. The summed E-state index contributed by atoms with van der Waals surface area (Å²) in [7, 11) is 0. The molecular weight excluding hydrogens is 183 g/mol. The molecule has 0 fully saturated rings. The lowest BCUT2D eigenvalue weighted by Gasteiger charge is -2.03. The van der Waals surface area contributed by atoms with Gasteiger partial charge in [0.2, 0.25) is 5.95 Å². The number of rotatable bonds is 1. The van der Waals surface area contributed by atoms with Gasteiger partial charge in [-0.2, -0.15) is 0 Å². The average Bonchev–Trinajstić information content (AvgIpc) is 2.51. The van der Waals surface area contributed by atoms with Crippen LogP contribution in [0.3, 0.4) is 0 Å². The Morgan fingerprint density at radius 1 is 1.43 bits per heavy atom. The third kappa shape index (κ3) is 1.44. The molecule has 0 aliphatic carbocycles. The van der Waals surface area contributed by atoms with Gasteiger partial charge in [-0.3, -0.25) is 0 Å². The van der Waals surface area contributed by atoms with Crippen LogP contribution in [0.15, 0.2) is 24.5 Å². The Morgan fingerprint density at radius 3 is 2.79 bits per heavy atom. The molecule has 0 radical (unpaired) electrons. The molecule has 0 atom stereocenters. The van der Waals surface area contributed by atoms with Gasteiger partial charge in [-0.25, -0.2) is 14.1 Å². The van der Waals surface area contributed by atoms with Crippen LogP contribution < -0.4 is 5.73 Å². The predicted molar refractivity (Wildman–Crippen MR) is 50.5 cm³/mol. The van der Waals surface area contributed by atoms with Crippen molar-refractivity contribution in [3.05, 3.63) is 35.9 Å². The third-order valence-corrected chi connectivity index (χ3v) is 1.92. The maximum atomic E-state index is 12.8. The van der Waals surface area contributed by atoms with E-state index in [0.29, 0.717) is 0 Å². The first kappa shape index (κ1) is 8.68. The minimum Gasteiger partial charge on any atom is -0.366 e. The third-order valence-electron chi connectivity index (χ3n) is 1.92. The average molecular weight is 192 g/mol. The Labute approximate surface area is 80.2 Å². The molecule has 0 aliphatic rings. The molecule has 0 amide bonds. The minimum absolute atomic E-state index is 0.203. The van der Waals surface area contributed by atoms with Gasteiger partial charge in [0.05, 0.1) is 5.69 Å². The van der Waals surface area contributed by atoms with Gasteiger partial charge in [0, 0.05) is 0 Å². The zero-order valence-electron chi connectivity index (χ0n) is 7.61. The number of anilines is 1. The van der Waals surface area contributed by atoms with E-state index in [1.807, 2.05) is 0 Å². The monoisotopic (exact) mass is 192 g/mol. The highest BCUT2D eigenvalue weighted by molar-refractivity contribution is 5.39. The molecule has 1 heterocycles. The summed E-state index contributed by atoms with van der Waals surface area (Å²) in [6.45, 7) is 1.80. The van der Waals surface area contributed by atoms with E-state index in [0.717, 1.165) is 11.3 Å². The van der Waals surface area contributed by atoms with Gasteiger partial charge in [0.15, 0.2) is 0 Å². The number of nitrogen functional groups attached to an aromatic ring is 1. The second kappa shape index (κ2) is 3.10. The Bertz CT molecular complexity index is 464. The van der Waals surface area contributed by atoms with Crippen molar-refractivity contribution in [2.24, 2.45) is 0 Å². The molecule has 72 valence electrons. The number of nitrogens with two attached hydrogens (primary N) is 1. The van der Waals surface area contributed by atoms with Crippen LogP contribution in [-0.2, 0) is 0 Å². The van der Waals surface area contributed by atoms with Crippen LogP contribution in [0.5, 0.6) is 0 Å². The van der Waals surface area contributed by atoms with Gasteiger partial charge >= 0.3 is 0 Å². The Hall–Kier alpha value is -1.91. The van der Waals surface area contributed by atoms with E-state index >= 15 is 0 Å². The van der Waals surface area contributed by atoms with Crippen molar-refractivity contribution in [2.45, 2.75) is 6.92 Å². The first-order valence-electron chi connectivity index (χ1n) is 4.10. The Morgan fingerprint density at radius 2 is 2.21 bits per heavy atom. The van der Waals surface area contributed by atoms with E-state index < -0.39 is 0 Å². The molecule has 4 nitrogen and oxygen atoms in total. The maximum absolute atomic E-state index is 12.8. The highest BCUT2D eigenvalue weighted by Crippen LogP contribution is 2.14. The normalized spacial score (nSPS) is 10.4. The maximum Gasteiger partial charge on any atom is 0.239 e. The summed E-state index contributed by atoms with van der Waals surface area (Å²) < 4.78 is 14.3. The van der Waals surface area contributed by atoms with Gasteiger partial charge in [-0.05, 0) is 30.7 Å². The number of nitrogens with zero attached hydrogens (tertiary/aromatic N) is 3. The van der Waals surface area contributed by atoms with Crippen LogP contribution in [0.4, 0.5) is 10.3 Å². The molecule has 0 saturated carbocycles. The van der Waals surface area contributed by atoms with Crippen molar-refractivity contribution in [3.8, 4) is 5.69 Å². The van der Waals surface area contributed by atoms with Crippen LogP contribution in [-0.4, -0.2) is 14.8 Å². The molecule has 2 N–H and O–H groups in total. The van der Waals surface area contributed by atoms with Crippen molar-refractivity contribution >= 4 is 5.95 Å². The molecule has 0 aliphatic heterocycles. The van der Waals surface area contributed by atoms with E-state index in [1.54, 1.807) is 13.0 Å². The molecule has 1 aromatic heterocycles. The van der Waals surface area contributed by atoms with Crippen molar-refractivity contribution < 1.29 is 4.39 Å². The smallest absolute Gasteiger partial charge is 0.239 e. The Kier molecular flexibility index (Phi) is 1.92. The number of hydrogen-bond donors (Lipinski definition) is 1. The second-order valence-electron chi connectivity index (χ2n) is 2.98. The van der Waals surface area contributed by atoms with Crippen molar-refractivity contribution in [2.75, 3.05) is 5.73 Å². The highest BCUT2D eigenvalue weighted by atomic mass is 19.1. The quantitative estimate of drug-likeness (QED) is 0.740. The van der Waals surface area contributed by atoms with Crippen molar-refractivity contribution in [1.82, 2.24) is 14.8 Å². The Balaban J connectivity index is 2.52. The SMILES string of the molecule is Cc1cc(F)ccc1-n1cnc(N)n1. The summed E-state index contributed by atoms with van der Waals surface area (Å²) in [5.74, 6) is -0.0620. The van der Waals surface area contributed by atoms with E-state index in [2.05, 4.69) is 10.1 Å². The lowest BCUT2D eigenvalue weighted by Crippen LogP contribution is -1.99. The van der Waals surface area contributed by atoms with Gasteiger partial charge in [-0.1, -0.05) is 0 Å². The molecule has 0 bridgehead atoms. The summed E-state index contributed by atoms with van der Waals surface area (Å²) in [6, 6.07) is 4.45. The standard InChI is InChI=1S/C9H9FN4/c1-6-4-7(10)2-3-8(6)14-5-12-9(11)13-14/h2-5H,1H3,(H2,11,13). The fourth-order valence-corrected chi connectivity index (χ4v) is 1.27. The topological polar surface area (TPSA) is 56.7 Å². The minimum atomic E-state index is -0.265. The molecule has 2 aromatic rings. The summed E-state index contributed by atoms with van der Waals surface area (Å²) in [6.07, 6.45) is 1.50. The first-order valence-corrected chi connectivity index (χ1v) is 4.10. The zero-order chi connectivity index (χ0) is 10.1. The molecule has 2 rings (SSSR count). The van der Waals surface area contributed by atoms with Gasteiger partial charge in [-0.15, -0.1) is 5.10 Å². The zero-order valence-corrected chi connectivity index (χ0v) is 7.61. The molecule has 1 aromatic carbocycles. The number of aryl methyl sites for hydroxylation is 1. The lowest BCUT2D eigenvalue weighted by atomic mass is 10.2. The summed E-state index contributed by atoms with van der Waals surface area (Å²) >= 11 is 0. The van der Waals surface area contributed by atoms with E-state index in [9.17, 15) is 4.39 Å². The van der Waals surface area contributed by atoms with Crippen LogP contribution in [0.2, 0.25) is 0 Å². The number of aromatic nitrogens is 3. The summed E-state index contributed by atoms with van der Waals surface area (Å²) in [5.41, 5.74) is 6.94. The highest BCUT2D eigenvalue weighted by Gasteiger charge is 2.03. The lowest BCUT2D eigenvalue weighted by molar-refractivity contribution is 0.625. The van der Waals surface area contributed by atoms with E-state index in [1.165, 1.54) is 23.1 Å². The van der Waals surface area contributed by atoms with E-state index in [4.69, 9.17) is 5.73 Å². The second-order valence-corrected chi connectivity index (χ2v) is 2.98.